The highest BCUT2D eigenvalue weighted by Crippen LogP contribution is 2.38. The highest BCUT2D eigenvalue weighted by molar-refractivity contribution is 9.10. The Labute approximate surface area is 225 Å². The molecule has 0 bridgehead atoms. The highest BCUT2D eigenvalue weighted by Gasteiger charge is 2.24. The van der Waals surface area contributed by atoms with Crippen molar-refractivity contribution in [3.05, 3.63) is 49.9 Å². The lowest BCUT2D eigenvalue weighted by atomic mass is 9.88. The number of carbonyl (C=O) groups excluding carboxylic acids is 1. The number of halogens is 1. The zero-order chi connectivity index (χ0) is 24.4. The van der Waals surface area contributed by atoms with Crippen molar-refractivity contribution in [3.8, 4) is 22.6 Å². The van der Waals surface area contributed by atoms with E-state index in [4.69, 9.17) is 0 Å². The molecule has 5 rings (SSSR count). The van der Waals surface area contributed by atoms with E-state index in [1.807, 2.05) is 41.0 Å². The first-order chi connectivity index (χ1) is 17.0. The summed E-state index contributed by atoms with van der Waals surface area (Å²) in [6, 6.07) is 7.97. The molecule has 1 N–H and O–H groups in total. The summed E-state index contributed by atoms with van der Waals surface area (Å²) in [5, 5.41) is 17.5. The van der Waals surface area contributed by atoms with Crippen LogP contribution in [0.2, 0.25) is 0 Å². The Bertz CT molecular complexity index is 1330. The zero-order valence-corrected chi connectivity index (χ0v) is 23.6. The number of amides is 1. The average molecular weight is 589 g/mol. The van der Waals surface area contributed by atoms with E-state index < -0.39 is 0 Å². The molecule has 0 spiro atoms. The lowest BCUT2D eigenvalue weighted by Gasteiger charge is -2.19. The second-order valence-electron chi connectivity index (χ2n) is 8.74. The molecular weight excluding hydrogens is 562 g/mol. The Kier molecular flexibility index (Phi) is 7.71. The summed E-state index contributed by atoms with van der Waals surface area (Å²) >= 11 is 8.15. The molecule has 4 aromatic rings. The van der Waals surface area contributed by atoms with Crippen molar-refractivity contribution in [1.29, 1.82) is 0 Å². The second-order valence-corrected chi connectivity index (χ2v) is 12.4. The van der Waals surface area contributed by atoms with Gasteiger partial charge in [-0.1, -0.05) is 53.7 Å². The van der Waals surface area contributed by atoms with Gasteiger partial charge in [0.2, 0.25) is 5.91 Å². The van der Waals surface area contributed by atoms with E-state index in [2.05, 4.69) is 60.2 Å². The Morgan fingerprint density at radius 2 is 2.06 bits per heavy atom. The lowest BCUT2D eigenvalue weighted by molar-refractivity contribution is -0.113. The molecule has 0 saturated carbocycles. The molecule has 1 aliphatic rings. The molecule has 1 atom stereocenters. The quantitative estimate of drug-likeness (QED) is 0.221. The Morgan fingerprint density at radius 1 is 1.23 bits per heavy atom. The van der Waals surface area contributed by atoms with Gasteiger partial charge in [-0.25, -0.2) is 4.98 Å². The lowest BCUT2D eigenvalue weighted by Crippen LogP contribution is -2.14. The molecular formula is C25H26BrN5OS3. The van der Waals surface area contributed by atoms with E-state index in [1.54, 1.807) is 0 Å². The first-order valence-corrected chi connectivity index (χ1v) is 15.2. The minimum atomic E-state index is -0.0961. The minimum Gasteiger partial charge on any atom is -0.302 e. The summed E-state index contributed by atoms with van der Waals surface area (Å²) in [6.45, 7) is 5.31. The van der Waals surface area contributed by atoms with Crippen molar-refractivity contribution < 1.29 is 4.79 Å². The monoisotopic (exact) mass is 587 g/mol. The summed E-state index contributed by atoms with van der Waals surface area (Å²) in [4.78, 5) is 18.7. The fraction of sp³-hybridized carbons (Fsp3) is 0.360. The predicted molar refractivity (Wildman–Crippen MR) is 149 cm³/mol. The minimum absolute atomic E-state index is 0.0961. The maximum atomic E-state index is 12.7. The molecule has 3 aromatic heterocycles. The standard InChI is InChI=1S/C25H26BrN5OS3/c1-3-10-31-23(19-12-33-21-11-15(2)4-9-18(19)21)29-30-25(31)35-14-22(32)28-24-27-20(13-34-24)16-5-7-17(26)8-6-16/h5-8,12-13,15H,3-4,9-11,14H2,1-2H3,(H,27,28,32). The van der Waals surface area contributed by atoms with Gasteiger partial charge in [-0.3, -0.25) is 4.79 Å². The van der Waals surface area contributed by atoms with Crippen LogP contribution in [0.5, 0.6) is 0 Å². The van der Waals surface area contributed by atoms with Crippen molar-refractivity contribution in [2.45, 2.75) is 51.2 Å². The predicted octanol–water partition coefficient (Wildman–Crippen LogP) is 7.16. The Hall–Kier alpha value is -2.01. The van der Waals surface area contributed by atoms with Gasteiger partial charge in [0.25, 0.3) is 0 Å². The third-order valence-corrected chi connectivity index (χ3v) is 9.33. The number of rotatable bonds is 8. The average Bonchev–Trinajstić information content (AvgIpc) is 3.57. The van der Waals surface area contributed by atoms with E-state index in [0.29, 0.717) is 5.13 Å². The number of aromatic nitrogens is 4. The van der Waals surface area contributed by atoms with E-state index >= 15 is 0 Å². The number of thioether (sulfide) groups is 1. The van der Waals surface area contributed by atoms with Gasteiger partial charge in [-0.2, -0.15) is 0 Å². The van der Waals surface area contributed by atoms with E-state index in [0.717, 1.165) is 58.4 Å². The topological polar surface area (TPSA) is 72.7 Å². The molecule has 0 saturated heterocycles. The molecule has 1 unspecified atom stereocenters. The normalized spacial score (nSPS) is 15.2. The maximum absolute atomic E-state index is 12.7. The van der Waals surface area contributed by atoms with Gasteiger partial charge in [-0.05, 0) is 49.3 Å². The summed E-state index contributed by atoms with van der Waals surface area (Å²) in [5.41, 5.74) is 4.53. The van der Waals surface area contributed by atoms with Gasteiger partial charge in [0, 0.05) is 37.8 Å². The van der Waals surface area contributed by atoms with Gasteiger partial charge in [0.05, 0.1) is 11.4 Å². The van der Waals surface area contributed by atoms with Crippen LogP contribution in [0.4, 0.5) is 5.13 Å². The van der Waals surface area contributed by atoms with E-state index in [-0.39, 0.29) is 11.7 Å². The van der Waals surface area contributed by atoms with Crippen LogP contribution in [0.25, 0.3) is 22.6 Å². The molecule has 1 aromatic carbocycles. The van der Waals surface area contributed by atoms with Crippen LogP contribution < -0.4 is 5.32 Å². The fourth-order valence-electron chi connectivity index (χ4n) is 4.25. The van der Waals surface area contributed by atoms with Crippen molar-refractivity contribution in [2.24, 2.45) is 5.92 Å². The van der Waals surface area contributed by atoms with Crippen LogP contribution in [-0.4, -0.2) is 31.4 Å². The van der Waals surface area contributed by atoms with Gasteiger partial charge in [0.1, 0.15) is 0 Å². The van der Waals surface area contributed by atoms with Crippen LogP contribution in [0.3, 0.4) is 0 Å². The number of hydrogen-bond donors (Lipinski definition) is 1. The third-order valence-electron chi connectivity index (χ3n) is 6.03. The number of anilines is 1. The van der Waals surface area contributed by atoms with Crippen molar-refractivity contribution in [1.82, 2.24) is 19.7 Å². The molecule has 6 nitrogen and oxygen atoms in total. The molecule has 1 amide bonds. The SMILES string of the molecule is CCCn1c(SCC(=O)Nc2nc(-c3ccc(Br)cc3)cs2)nnc1-c1csc2c1CCC(C)C2. The second kappa shape index (κ2) is 10.9. The van der Waals surface area contributed by atoms with Crippen molar-refractivity contribution >= 4 is 61.4 Å². The van der Waals surface area contributed by atoms with Gasteiger partial charge >= 0.3 is 0 Å². The highest BCUT2D eigenvalue weighted by atomic mass is 79.9. The summed E-state index contributed by atoms with van der Waals surface area (Å²) in [6.07, 6.45) is 4.46. The summed E-state index contributed by atoms with van der Waals surface area (Å²) in [7, 11) is 0. The summed E-state index contributed by atoms with van der Waals surface area (Å²) in [5.74, 6) is 1.84. The molecule has 0 aliphatic heterocycles. The number of thiophene rings is 1. The molecule has 182 valence electrons. The molecule has 10 heteroatoms. The number of carbonyl (C=O) groups is 1. The molecule has 35 heavy (non-hydrogen) atoms. The largest absolute Gasteiger partial charge is 0.302 e. The Morgan fingerprint density at radius 3 is 2.86 bits per heavy atom. The van der Waals surface area contributed by atoms with Crippen LogP contribution in [0, 0.1) is 5.92 Å². The number of fused-ring (bicyclic) bond motifs is 1. The van der Waals surface area contributed by atoms with Gasteiger partial charge < -0.3 is 9.88 Å². The first kappa shape index (κ1) is 24.7. The molecule has 0 radical (unpaired) electrons. The van der Waals surface area contributed by atoms with Crippen LogP contribution >= 0.6 is 50.4 Å². The van der Waals surface area contributed by atoms with E-state index in [1.165, 1.54) is 45.5 Å². The summed E-state index contributed by atoms with van der Waals surface area (Å²) < 4.78 is 3.20. The smallest absolute Gasteiger partial charge is 0.236 e. The van der Waals surface area contributed by atoms with Gasteiger partial charge in [0.15, 0.2) is 16.1 Å². The molecule has 3 heterocycles. The van der Waals surface area contributed by atoms with Crippen LogP contribution in [0.15, 0.2) is 44.7 Å². The van der Waals surface area contributed by atoms with Crippen LogP contribution in [-0.2, 0) is 24.2 Å². The fourth-order valence-corrected chi connectivity index (χ4v) is 7.26. The van der Waals surface area contributed by atoms with Crippen molar-refractivity contribution in [2.75, 3.05) is 11.1 Å². The number of nitrogens with one attached hydrogen (secondary N) is 1. The third kappa shape index (κ3) is 5.55. The number of benzene rings is 1. The van der Waals surface area contributed by atoms with Crippen LogP contribution in [0.1, 0.15) is 37.1 Å². The first-order valence-electron chi connectivity index (χ1n) is 11.7. The number of hydrogen-bond acceptors (Lipinski definition) is 7. The number of thiazole rings is 1. The van der Waals surface area contributed by atoms with E-state index in [9.17, 15) is 4.79 Å². The van der Waals surface area contributed by atoms with Gasteiger partial charge in [-0.15, -0.1) is 32.9 Å². The zero-order valence-electron chi connectivity index (χ0n) is 19.6. The number of nitrogens with zero attached hydrogens (tertiary/aromatic N) is 4. The maximum Gasteiger partial charge on any atom is 0.236 e. The Balaban J connectivity index is 1.26. The van der Waals surface area contributed by atoms with Crippen molar-refractivity contribution in [3.63, 3.8) is 0 Å². The molecule has 1 aliphatic carbocycles. The molecule has 0 fully saturated rings.